The molecule has 4 rings (SSSR count). The third kappa shape index (κ3) is 3.32. The molecule has 1 atom stereocenters. The number of hydrogen-bond donors (Lipinski definition) is 2. The fraction of sp³-hybridized carbons (Fsp3) is 0.150. The number of nitrogens with one attached hydrogen (secondary N) is 2. The summed E-state index contributed by atoms with van der Waals surface area (Å²) in [5.41, 5.74) is 2.05. The van der Waals surface area contributed by atoms with E-state index in [0.29, 0.717) is 17.3 Å². The van der Waals surface area contributed by atoms with Crippen molar-refractivity contribution in [2.75, 3.05) is 17.7 Å². The van der Waals surface area contributed by atoms with E-state index in [4.69, 9.17) is 4.74 Å². The second-order valence-corrected chi connectivity index (χ2v) is 6.35. The highest BCUT2D eigenvalue weighted by Crippen LogP contribution is 2.36. The van der Waals surface area contributed by atoms with Gasteiger partial charge in [0.05, 0.1) is 19.7 Å². The number of anilines is 2. The summed E-state index contributed by atoms with van der Waals surface area (Å²) in [6, 6.07) is 12.1. The van der Waals surface area contributed by atoms with E-state index in [0.717, 1.165) is 11.1 Å². The lowest BCUT2D eigenvalue weighted by Gasteiger charge is -2.09. The van der Waals surface area contributed by atoms with Crippen LogP contribution < -0.4 is 15.4 Å². The maximum absolute atomic E-state index is 13.0. The van der Waals surface area contributed by atoms with Gasteiger partial charge in [-0.25, -0.2) is 9.07 Å². The van der Waals surface area contributed by atoms with Crippen molar-refractivity contribution in [3.63, 3.8) is 0 Å². The first-order valence-corrected chi connectivity index (χ1v) is 8.63. The molecule has 0 aliphatic carbocycles. The molecule has 1 aliphatic rings. The Balaban J connectivity index is 1.54. The van der Waals surface area contributed by atoms with Crippen molar-refractivity contribution in [1.82, 2.24) is 9.78 Å². The van der Waals surface area contributed by atoms with Gasteiger partial charge in [-0.15, -0.1) is 0 Å². The number of benzene rings is 2. The topological polar surface area (TPSA) is 85.2 Å². The number of carbonyl (C=O) groups is 2. The van der Waals surface area contributed by atoms with Gasteiger partial charge < -0.3 is 15.4 Å². The van der Waals surface area contributed by atoms with E-state index in [-0.39, 0.29) is 24.1 Å². The summed E-state index contributed by atoms with van der Waals surface area (Å²) in [6.07, 6.45) is 1.56. The molecule has 8 heteroatoms. The molecule has 142 valence electrons. The van der Waals surface area contributed by atoms with E-state index in [9.17, 15) is 14.0 Å². The maximum atomic E-state index is 13.0. The van der Waals surface area contributed by atoms with Crippen LogP contribution in [0.4, 0.5) is 15.9 Å². The van der Waals surface area contributed by atoms with Gasteiger partial charge in [-0.1, -0.05) is 12.1 Å². The van der Waals surface area contributed by atoms with Crippen molar-refractivity contribution in [3.8, 4) is 16.9 Å². The number of carbonyl (C=O) groups excluding carboxylic acids is 2. The lowest BCUT2D eigenvalue weighted by atomic mass is 10.1. The van der Waals surface area contributed by atoms with Crippen LogP contribution in [-0.4, -0.2) is 28.7 Å². The van der Waals surface area contributed by atoms with Crippen LogP contribution in [0.15, 0.2) is 54.7 Å². The van der Waals surface area contributed by atoms with Gasteiger partial charge in [-0.2, -0.15) is 5.10 Å². The van der Waals surface area contributed by atoms with E-state index in [1.165, 1.54) is 28.9 Å². The van der Waals surface area contributed by atoms with Gasteiger partial charge in [0.25, 0.3) is 5.91 Å². The van der Waals surface area contributed by atoms with Gasteiger partial charge in [0.1, 0.15) is 23.4 Å². The van der Waals surface area contributed by atoms with E-state index >= 15 is 0 Å². The summed E-state index contributed by atoms with van der Waals surface area (Å²) < 4.78 is 19.7. The van der Waals surface area contributed by atoms with Gasteiger partial charge in [0.15, 0.2) is 0 Å². The van der Waals surface area contributed by atoms with Crippen LogP contribution in [0.5, 0.6) is 5.75 Å². The summed E-state index contributed by atoms with van der Waals surface area (Å²) in [6.45, 7) is 0. The Labute approximate surface area is 160 Å². The second kappa shape index (κ2) is 7.15. The summed E-state index contributed by atoms with van der Waals surface area (Å²) in [7, 11) is 1.58. The van der Waals surface area contributed by atoms with Crippen LogP contribution in [0, 0.1) is 5.82 Å². The van der Waals surface area contributed by atoms with Gasteiger partial charge in [-0.3, -0.25) is 9.59 Å². The molecule has 0 radical (unpaired) electrons. The molecule has 7 nitrogen and oxygen atoms in total. The Bertz CT molecular complexity index is 1050. The van der Waals surface area contributed by atoms with Gasteiger partial charge in [0.2, 0.25) is 5.91 Å². The van der Waals surface area contributed by atoms with Gasteiger partial charge in [0, 0.05) is 11.3 Å². The third-order valence-electron chi connectivity index (χ3n) is 4.52. The number of halogens is 1. The summed E-state index contributed by atoms with van der Waals surface area (Å²) in [5.74, 6) is 0.175. The minimum Gasteiger partial charge on any atom is -0.497 e. The number of rotatable bonds is 5. The molecule has 1 aliphatic heterocycles. The molecule has 0 spiro atoms. The van der Waals surface area contributed by atoms with E-state index in [1.807, 2.05) is 24.3 Å². The van der Waals surface area contributed by atoms with Crippen LogP contribution in [-0.2, 0) is 9.59 Å². The zero-order chi connectivity index (χ0) is 19.7. The fourth-order valence-electron chi connectivity index (χ4n) is 3.14. The quantitative estimate of drug-likeness (QED) is 0.712. The van der Waals surface area contributed by atoms with Crippen molar-refractivity contribution in [1.29, 1.82) is 0 Å². The number of methoxy groups -OCH3 is 1. The highest BCUT2D eigenvalue weighted by Gasteiger charge is 2.35. The van der Waals surface area contributed by atoms with Crippen molar-refractivity contribution < 1.29 is 18.7 Å². The fourth-order valence-corrected chi connectivity index (χ4v) is 3.14. The molecule has 2 amide bonds. The Morgan fingerprint density at radius 2 is 2.07 bits per heavy atom. The van der Waals surface area contributed by atoms with Crippen molar-refractivity contribution >= 4 is 23.3 Å². The molecule has 1 unspecified atom stereocenters. The third-order valence-corrected chi connectivity index (χ3v) is 4.52. The first-order chi connectivity index (χ1) is 13.5. The van der Waals surface area contributed by atoms with Gasteiger partial charge >= 0.3 is 0 Å². The zero-order valence-corrected chi connectivity index (χ0v) is 15.0. The maximum Gasteiger partial charge on any atom is 0.251 e. The molecule has 0 fully saturated rings. The Kier molecular flexibility index (Phi) is 4.52. The first-order valence-electron chi connectivity index (χ1n) is 8.63. The van der Waals surface area contributed by atoms with Crippen molar-refractivity contribution in [2.45, 2.75) is 12.5 Å². The molecule has 2 aromatic carbocycles. The summed E-state index contributed by atoms with van der Waals surface area (Å²) in [4.78, 5) is 24.7. The summed E-state index contributed by atoms with van der Waals surface area (Å²) in [5, 5.41) is 9.75. The SMILES string of the molecule is COc1cccc(-c2cnn3c2NC(=O)C3CC(=O)Nc2ccc(F)cc2)c1. The number of aromatic nitrogens is 2. The number of hydrogen-bond acceptors (Lipinski definition) is 4. The smallest absolute Gasteiger partial charge is 0.251 e. The van der Waals surface area contributed by atoms with Crippen LogP contribution in [0.25, 0.3) is 11.1 Å². The van der Waals surface area contributed by atoms with Crippen LogP contribution in [0.1, 0.15) is 12.5 Å². The summed E-state index contributed by atoms with van der Waals surface area (Å²) >= 11 is 0. The monoisotopic (exact) mass is 380 g/mol. The largest absolute Gasteiger partial charge is 0.497 e. The predicted octanol–water partition coefficient (Wildman–Crippen LogP) is 3.22. The highest BCUT2D eigenvalue weighted by molar-refractivity contribution is 6.04. The van der Waals surface area contributed by atoms with Gasteiger partial charge in [-0.05, 0) is 42.0 Å². The second-order valence-electron chi connectivity index (χ2n) is 6.35. The molecule has 0 saturated carbocycles. The lowest BCUT2D eigenvalue weighted by molar-refractivity contribution is -0.123. The van der Waals surface area contributed by atoms with Crippen LogP contribution in [0.2, 0.25) is 0 Å². The van der Waals surface area contributed by atoms with E-state index in [1.54, 1.807) is 13.3 Å². The molecule has 2 heterocycles. The first kappa shape index (κ1) is 17.7. The van der Waals surface area contributed by atoms with Crippen molar-refractivity contribution in [2.24, 2.45) is 0 Å². The van der Waals surface area contributed by atoms with E-state index in [2.05, 4.69) is 15.7 Å². The minimum absolute atomic E-state index is 0.0879. The predicted molar refractivity (Wildman–Crippen MR) is 102 cm³/mol. The Morgan fingerprint density at radius 1 is 1.29 bits per heavy atom. The highest BCUT2D eigenvalue weighted by atomic mass is 19.1. The molecular formula is C20H17FN4O3. The normalized spacial score (nSPS) is 15.1. The number of amides is 2. The average molecular weight is 380 g/mol. The molecular weight excluding hydrogens is 363 g/mol. The Hall–Kier alpha value is -3.68. The molecule has 1 aromatic heterocycles. The molecule has 2 N–H and O–H groups in total. The van der Waals surface area contributed by atoms with Crippen LogP contribution >= 0.6 is 0 Å². The van der Waals surface area contributed by atoms with Crippen molar-refractivity contribution in [3.05, 3.63) is 60.5 Å². The molecule has 0 bridgehead atoms. The zero-order valence-electron chi connectivity index (χ0n) is 15.0. The number of fused-ring (bicyclic) bond motifs is 1. The minimum atomic E-state index is -0.755. The van der Waals surface area contributed by atoms with Crippen LogP contribution in [0.3, 0.4) is 0 Å². The number of nitrogens with zero attached hydrogens (tertiary/aromatic N) is 2. The lowest BCUT2D eigenvalue weighted by Crippen LogP contribution is -2.23. The standard InChI is InChI=1S/C20H17FN4O3/c1-28-15-4-2-3-12(9-15)16-11-22-25-17(20(27)24-19(16)25)10-18(26)23-14-7-5-13(21)6-8-14/h2-9,11,17H,10H2,1H3,(H,23,26)(H,24,27). The number of ether oxygens (including phenoxy) is 1. The molecule has 3 aromatic rings. The van der Waals surface area contributed by atoms with E-state index < -0.39 is 6.04 Å². The molecule has 0 saturated heterocycles. The Morgan fingerprint density at radius 3 is 2.82 bits per heavy atom. The molecule has 28 heavy (non-hydrogen) atoms. The average Bonchev–Trinajstić information content (AvgIpc) is 3.23.